The van der Waals surface area contributed by atoms with Crippen LogP contribution in [0, 0.1) is 5.75 Å². The van der Waals surface area contributed by atoms with Crippen LogP contribution in [0.1, 0.15) is 6.42 Å². The molecule has 0 N–H and O–H groups in total. The van der Waals surface area contributed by atoms with E-state index in [1.807, 2.05) is 23.5 Å². The molecule has 0 amide bonds. The highest BCUT2D eigenvalue weighted by atomic mass is 32.2. The van der Waals surface area contributed by atoms with Gasteiger partial charge in [-0.15, -0.1) is 11.8 Å². The molecule has 0 aliphatic carbocycles. The largest absolute Gasteiger partial charge is 0.144 e. The Hall–Kier alpha value is 0.570. The fraction of sp³-hybridized carbons (Fsp3) is 0.750. The first kappa shape index (κ1) is 4.72. The monoisotopic (exact) mass is 119 g/mol. The van der Waals surface area contributed by atoms with Crippen LogP contribution >= 0.6 is 23.5 Å². The predicted molar refractivity (Wildman–Crippen MR) is 33.8 cm³/mol. The van der Waals surface area contributed by atoms with E-state index >= 15 is 0 Å². The summed E-state index contributed by atoms with van der Waals surface area (Å²) in [5.74, 6) is 3.63. The molecule has 0 aromatic carbocycles. The molecule has 6 heavy (non-hydrogen) atoms. The van der Waals surface area contributed by atoms with Gasteiger partial charge in [-0.2, -0.15) is 0 Å². The molecule has 0 aromatic heterocycles. The van der Waals surface area contributed by atoms with Gasteiger partial charge in [-0.1, -0.05) is 0 Å². The molecular formula is C4H7S2+. The van der Waals surface area contributed by atoms with Crippen LogP contribution in [0.2, 0.25) is 0 Å². The second-order valence-electron chi connectivity index (χ2n) is 1.15. The predicted octanol–water partition coefficient (Wildman–Crippen LogP) is 1.98. The first-order chi connectivity index (χ1) is 3.00. The fourth-order valence-electron chi connectivity index (χ4n) is 0.370. The minimum Gasteiger partial charge on any atom is -0.142 e. The van der Waals surface area contributed by atoms with Crippen molar-refractivity contribution in [3.63, 3.8) is 0 Å². The number of hydrogen-bond donors (Lipinski definition) is 0. The molecule has 0 aromatic rings. The lowest BCUT2D eigenvalue weighted by Crippen LogP contribution is -1.85. The molecule has 1 fully saturated rings. The van der Waals surface area contributed by atoms with Crippen molar-refractivity contribution in [2.24, 2.45) is 0 Å². The summed E-state index contributed by atoms with van der Waals surface area (Å²) in [6.45, 7) is 0. The third-order valence-corrected chi connectivity index (χ3v) is 2.86. The van der Waals surface area contributed by atoms with Crippen molar-refractivity contribution < 1.29 is 0 Å². The average Bonchev–Trinajstić information content (AvgIpc) is 1.72. The zero-order valence-electron chi connectivity index (χ0n) is 3.52. The molecule has 1 heterocycles. The van der Waals surface area contributed by atoms with E-state index in [0.717, 1.165) is 0 Å². The maximum Gasteiger partial charge on any atom is 0.144 e. The second-order valence-corrected chi connectivity index (χ2v) is 3.57. The maximum atomic E-state index is 2.29. The van der Waals surface area contributed by atoms with Gasteiger partial charge in [0.15, 0.2) is 0 Å². The molecular weight excluding hydrogens is 112 g/mol. The highest BCUT2D eigenvalue weighted by molar-refractivity contribution is 8.17. The van der Waals surface area contributed by atoms with Gasteiger partial charge >= 0.3 is 0 Å². The Kier molecular flexibility index (Phi) is 2.12. The van der Waals surface area contributed by atoms with Crippen LogP contribution in [-0.4, -0.2) is 10.8 Å². The lowest BCUT2D eigenvalue weighted by atomic mass is 10.6. The summed E-state index contributed by atoms with van der Waals surface area (Å²) in [4.78, 5) is 0. The third kappa shape index (κ3) is 1.35. The molecule has 2 heteroatoms. The van der Waals surface area contributed by atoms with Crippen LogP contribution < -0.4 is 0 Å². The summed E-state index contributed by atoms with van der Waals surface area (Å²) in [5, 5.41) is 1.28. The van der Waals surface area contributed by atoms with E-state index in [-0.39, 0.29) is 0 Å². The van der Waals surface area contributed by atoms with E-state index in [1.54, 1.807) is 0 Å². The first-order valence-corrected chi connectivity index (χ1v) is 4.21. The zero-order valence-corrected chi connectivity index (χ0v) is 5.15. The maximum absolute atomic E-state index is 2.29. The third-order valence-electron chi connectivity index (χ3n) is 0.649. The van der Waals surface area contributed by atoms with E-state index < -0.39 is 0 Å². The quantitative estimate of drug-likeness (QED) is 0.447. The molecule has 0 nitrogen and oxygen atoms in total. The average molecular weight is 119 g/mol. The van der Waals surface area contributed by atoms with Gasteiger partial charge in [0.2, 0.25) is 0 Å². The van der Waals surface area contributed by atoms with Crippen LogP contribution in [0.15, 0.2) is 0 Å². The molecule has 1 aliphatic heterocycles. The molecule has 0 spiro atoms. The van der Waals surface area contributed by atoms with Gasteiger partial charge in [0.25, 0.3) is 0 Å². The Morgan fingerprint density at radius 2 is 2.50 bits per heavy atom. The Labute approximate surface area is 47.1 Å². The molecule has 0 bridgehead atoms. The molecule has 1 rings (SSSR count). The smallest absolute Gasteiger partial charge is 0.142 e. The summed E-state index contributed by atoms with van der Waals surface area (Å²) in [6, 6.07) is 0. The Morgan fingerprint density at radius 1 is 1.50 bits per heavy atom. The van der Waals surface area contributed by atoms with Gasteiger partial charge < -0.3 is 0 Å². The Bertz CT molecular complexity index is 21.0. The summed E-state index contributed by atoms with van der Waals surface area (Å²) < 4.78 is 0. The van der Waals surface area contributed by atoms with Crippen LogP contribution in [0.4, 0.5) is 0 Å². The van der Waals surface area contributed by atoms with Crippen molar-refractivity contribution in [3.05, 3.63) is 5.75 Å². The van der Waals surface area contributed by atoms with Crippen LogP contribution in [-0.2, 0) is 0 Å². The Morgan fingerprint density at radius 3 is 2.67 bits per heavy atom. The van der Waals surface area contributed by atoms with Crippen molar-refractivity contribution in [2.75, 3.05) is 10.8 Å². The normalized spacial score (nSPS) is 22.7. The molecule has 34 valence electrons. The van der Waals surface area contributed by atoms with Gasteiger partial charge in [-0.3, -0.25) is 0 Å². The second kappa shape index (κ2) is 2.69. The van der Waals surface area contributed by atoms with E-state index in [0.29, 0.717) is 0 Å². The van der Waals surface area contributed by atoms with Crippen molar-refractivity contribution in [3.8, 4) is 0 Å². The van der Waals surface area contributed by atoms with Crippen molar-refractivity contribution in [2.45, 2.75) is 6.42 Å². The first-order valence-electron chi connectivity index (χ1n) is 2.01. The van der Waals surface area contributed by atoms with Gasteiger partial charge in [-0.05, 0) is 0 Å². The van der Waals surface area contributed by atoms with Gasteiger partial charge in [0.1, 0.15) is 12.2 Å². The summed E-state index contributed by atoms with van der Waals surface area (Å²) in [7, 11) is 0. The van der Waals surface area contributed by atoms with E-state index in [9.17, 15) is 0 Å². The molecule has 1 aliphatic rings. The van der Waals surface area contributed by atoms with E-state index in [4.69, 9.17) is 0 Å². The highest BCUT2D eigenvalue weighted by Crippen LogP contribution is 2.23. The van der Waals surface area contributed by atoms with Gasteiger partial charge in [-0.25, -0.2) is 0 Å². The summed E-state index contributed by atoms with van der Waals surface area (Å²) in [5.41, 5.74) is 0. The molecule has 1 saturated heterocycles. The molecule has 0 saturated carbocycles. The lowest BCUT2D eigenvalue weighted by Gasteiger charge is -1.96. The van der Waals surface area contributed by atoms with Crippen LogP contribution in [0.25, 0.3) is 0 Å². The van der Waals surface area contributed by atoms with E-state index in [1.165, 1.54) is 17.3 Å². The standard InChI is InChI=1S/C4H7S2/c1-2-5-4-6-3-1/h2H,1,3-4H2/q+1. The lowest BCUT2D eigenvalue weighted by molar-refractivity contribution is 1.21. The minimum atomic E-state index is 1.28. The zero-order chi connectivity index (χ0) is 4.24. The number of rotatable bonds is 0. The fourth-order valence-corrected chi connectivity index (χ4v) is 2.33. The van der Waals surface area contributed by atoms with Crippen molar-refractivity contribution in [1.82, 2.24) is 0 Å². The summed E-state index contributed by atoms with van der Waals surface area (Å²) >= 11 is 3.96. The van der Waals surface area contributed by atoms with Gasteiger partial charge in [0, 0.05) is 5.75 Å². The van der Waals surface area contributed by atoms with Crippen molar-refractivity contribution >= 4 is 23.5 Å². The summed E-state index contributed by atoms with van der Waals surface area (Å²) in [6.07, 6.45) is 1.30. The SMILES string of the molecule is [CH+]1CCSCS1. The number of thioether (sulfide) groups is 2. The highest BCUT2D eigenvalue weighted by Gasteiger charge is 2.06. The topological polar surface area (TPSA) is 0 Å². The Balaban J connectivity index is 2.00. The van der Waals surface area contributed by atoms with Gasteiger partial charge in [0.05, 0.1) is 16.8 Å². The minimum absolute atomic E-state index is 1.28. The van der Waals surface area contributed by atoms with Crippen molar-refractivity contribution in [1.29, 1.82) is 0 Å². The van der Waals surface area contributed by atoms with Crippen LogP contribution in [0.5, 0.6) is 0 Å². The molecule has 0 radical (unpaired) electrons. The molecule has 0 atom stereocenters. The van der Waals surface area contributed by atoms with Crippen LogP contribution in [0.3, 0.4) is 0 Å². The molecule has 0 unspecified atom stereocenters. The van der Waals surface area contributed by atoms with E-state index in [2.05, 4.69) is 5.75 Å². The number of hydrogen-bond acceptors (Lipinski definition) is 2.